The standard InChI is InChI=1S/C16H26N2/c1-12-5-6-16(14(3)9-12)18-8-7-15(4)17-10-13(2)11-18/h5-6,9,13,15,17H,7-8,10-11H2,1-4H3. The van der Waals surface area contributed by atoms with Crippen molar-refractivity contribution < 1.29 is 0 Å². The van der Waals surface area contributed by atoms with Gasteiger partial charge in [0.2, 0.25) is 0 Å². The van der Waals surface area contributed by atoms with E-state index in [4.69, 9.17) is 0 Å². The van der Waals surface area contributed by atoms with Crippen LogP contribution in [0.1, 0.15) is 31.4 Å². The molecule has 0 bridgehead atoms. The fraction of sp³-hybridized carbons (Fsp3) is 0.625. The van der Waals surface area contributed by atoms with E-state index in [2.05, 4.69) is 56.1 Å². The topological polar surface area (TPSA) is 15.3 Å². The molecule has 18 heavy (non-hydrogen) atoms. The van der Waals surface area contributed by atoms with Gasteiger partial charge in [-0.1, -0.05) is 24.6 Å². The number of anilines is 1. The van der Waals surface area contributed by atoms with Crippen LogP contribution in [-0.2, 0) is 0 Å². The number of hydrogen-bond donors (Lipinski definition) is 1. The summed E-state index contributed by atoms with van der Waals surface area (Å²) in [5.41, 5.74) is 4.18. The van der Waals surface area contributed by atoms with Gasteiger partial charge in [-0.2, -0.15) is 0 Å². The van der Waals surface area contributed by atoms with Crippen molar-refractivity contribution in [3.8, 4) is 0 Å². The molecule has 0 amide bonds. The first kappa shape index (κ1) is 13.4. The second-order valence-electron chi connectivity index (χ2n) is 5.94. The highest BCUT2D eigenvalue weighted by molar-refractivity contribution is 5.54. The molecule has 0 aliphatic carbocycles. The number of nitrogens with one attached hydrogen (secondary N) is 1. The monoisotopic (exact) mass is 246 g/mol. The highest BCUT2D eigenvalue weighted by Gasteiger charge is 2.17. The van der Waals surface area contributed by atoms with E-state index in [0.717, 1.165) is 19.6 Å². The van der Waals surface area contributed by atoms with Crippen LogP contribution in [0.25, 0.3) is 0 Å². The SMILES string of the molecule is Cc1ccc(N2CCC(C)NCC(C)C2)c(C)c1. The normalized spacial score (nSPS) is 25.7. The lowest BCUT2D eigenvalue weighted by molar-refractivity contribution is 0.410. The largest absolute Gasteiger partial charge is 0.371 e. The predicted octanol–water partition coefficient (Wildman–Crippen LogP) is 3.13. The zero-order valence-electron chi connectivity index (χ0n) is 12.2. The maximum Gasteiger partial charge on any atom is 0.0396 e. The summed E-state index contributed by atoms with van der Waals surface area (Å²) < 4.78 is 0. The fourth-order valence-electron chi connectivity index (χ4n) is 2.76. The third-order valence-electron chi connectivity index (χ3n) is 3.87. The van der Waals surface area contributed by atoms with Gasteiger partial charge in [-0.3, -0.25) is 0 Å². The second kappa shape index (κ2) is 5.75. The van der Waals surface area contributed by atoms with Crippen LogP contribution in [0.4, 0.5) is 5.69 Å². The molecule has 2 atom stereocenters. The van der Waals surface area contributed by atoms with Crippen molar-refractivity contribution in [1.29, 1.82) is 0 Å². The highest BCUT2D eigenvalue weighted by Crippen LogP contribution is 2.23. The molecule has 2 unspecified atom stereocenters. The van der Waals surface area contributed by atoms with Crippen molar-refractivity contribution in [2.24, 2.45) is 5.92 Å². The summed E-state index contributed by atoms with van der Waals surface area (Å²) in [6.07, 6.45) is 1.22. The van der Waals surface area contributed by atoms with Gasteiger partial charge in [0, 0.05) is 24.8 Å². The minimum atomic E-state index is 0.626. The summed E-state index contributed by atoms with van der Waals surface area (Å²) in [5.74, 6) is 0.702. The van der Waals surface area contributed by atoms with Crippen LogP contribution < -0.4 is 10.2 Å². The van der Waals surface area contributed by atoms with Crippen molar-refractivity contribution in [3.63, 3.8) is 0 Å². The van der Waals surface area contributed by atoms with Crippen molar-refractivity contribution in [1.82, 2.24) is 5.32 Å². The van der Waals surface area contributed by atoms with Crippen LogP contribution in [0.2, 0.25) is 0 Å². The van der Waals surface area contributed by atoms with Crippen molar-refractivity contribution >= 4 is 5.69 Å². The van der Waals surface area contributed by atoms with Gasteiger partial charge in [0.1, 0.15) is 0 Å². The van der Waals surface area contributed by atoms with Crippen LogP contribution in [0, 0.1) is 19.8 Å². The molecular formula is C16H26N2. The summed E-state index contributed by atoms with van der Waals surface area (Å²) >= 11 is 0. The number of hydrogen-bond acceptors (Lipinski definition) is 2. The van der Waals surface area contributed by atoms with Crippen LogP contribution >= 0.6 is 0 Å². The van der Waals surface area contributed by atoms with Crippen molar-refractivity contribution in [2.45, 2.75) is 40.2 Å². The Hall–Kier alpha value is -1.02. The van der Waals surface area contributed by atoms with E-state index in [1.807, 2.05) is 0 Å². The number of aryl methyl sites for hydroxylation is 2. The summed E-state index contributed by atoms with van der Waals surface area (Å²) in [6, 6.07) is 7.44. The molecule has 1 heterocycles. The van der Waals surface area contributed by atoms with E-state index >= 15 is 0 Å². The minimum Gasteiger partial charge on any atom is -0.371 e. The second-order valence-corrected chi connectivity index (χ2v) is 5.94. The first-order valence-electron chi connectivity index (χ1n) is 7.12. The number of nitrogens with zero attached hydrogens (tertiary/aromatic N) is 1. The molecule has 1 saturated heterocycles. The maximum atomic E-state index is 3.60. The van der Waals surface area contributed by atoms with E-state index in [-0.39, 0.29) is 0 Å². The van der Waals surface area contributed by atoms with Gasteiger partial charge in [0.15, 0.2) is 0 Å². The molecule has 0 spiro atoms. The van der Waals surface area contributed by atoms with Crippen LogP contribution in [0.5, 0.6) is 0 Å². The molecule has 1 aliphatic heterocycles. The van der Waals surface area contributed by atoms with Gasteiger partial charge in [0.05, 0.1) is 0 Å². The predicted molar refractivity (Wildman–Crippen MR) is 79.4 cm³/mol. The van der Waals surface area contributed by atoms with Gasteiger partial charge in [-0.05, 0) is 51.3 Å². The highest BCUT2D eigenvalue weighted by atomic mass is 15.1. The Morgan fingerprint density at radius 3 is 2.72 bits per heavy atom. The Kier molecular flexibility index (Phi) is 4.28. The third-order valence-corrected chi connectivity index (χ3v) is 3.87. The van der Waals surface area contributed by atoms with E-state index in [9.17, 15) is 0 Å². The Bertz CT molecular complexity index is 400. The molecule has 2 rings (SSSR count). The van der Waals surface area contributed by atoms with Crippen LogP contribution in [0.15, 0.2) is 18.2 Å². The van der Waals surface area contributed by atoms with Crippen LogP contribution in [0.3, 0.4) is 0 Å². The summed E-state index contributed by atoms with van der Waals surface area (Å²) in [4.78, 5) is 2.57. The van der Waals surface area contributed by atoms with Gasteiger partial charge >= 0.3 is 0 Å². The molecule has 1 aromatic carbocycles. The molecule has 0 radical (unpaired) electrons. The fourth-order valence-corrected chi connectivity index (χ4v) is 2.76. The molecule has 1 fully saturated rings. The van der Waals surface area contributed by atoms with Crippen LogP contribution in [-0.4, -0.2) is 25.7 Å². The lowest BCUT2D eigenvalue weighted by Gasteiger charge is -2.33. The summed E-state index contributed by atoms with van der Waals surface area (Å²) in [7, 11) is 0. The van der Waals surface area contributed by atoms with E-state index in [0.29, 0.717) is 12.0 Å². The quantitative estimate of drug-likeness (QED) is 0.819. The van der Waals surface area contributed by atoms with Gasteiger partial charge in [0.25, 0.3) is 0 Å². The molecule has 1 aliphatic rings. The molecule has 2 heteroatoms. The molecule has 100 valence electrons. The average molecular weight is 246 g/mol. The molecule has 0 aromatic heterocycles. The molecule has 1 N–H and O–H groups in total. The minimum absolute atomic E-state index is 0.626. The van der Waals surface area contributed by atoms with Gasteiger partial charge < -0.3 is 10.2 Å². The third kappa shape index (κ3) is 3.26. The number of rotatable bonds is 1. The van der Waals surface area contributed by atoms with E-state index in [1.54, 1.807) is 0 Å². The first-order valence-corrected chi connectivity index (χ1v) is 7.12. The van der Waals surface area contributed by atoms with E-state index < -0.39 is 0 Å². The van der Waals surface area contributed by atoms with E-state index in [1.165, 1.54) is 23.2 Å². The lowest BCUT2D eigenvalue weighted by Crippen LogP contribution is -2.42. The Morgan fingerprint density at radius 2 is 2.00 bits per heavy atom. The smallest absolute Gasteiger partial charge is 0.0396 e. The first-order chi connectivity index (χ1) is 8.56. The van der Waals surface area contributed by atoms with Crippen molar-refractivity contribution in [3.05, 3.63) is 29.3 Å². The Labute approximate surface area is 111 Å². The molecule has 2 nitrogen and oxygen atoms in total. The Morgan fingerprint density at radius 1 is 1.22 bits per heavy atom. The maximum absolute atomic E-state index is 3.60. The average Bonchev–Trinajstić information content (AvgIpc) is 2.30. The van der Waals surface area contributed by atoms with Crippen molar-refractivity contribution in [2.75, 3.05) is 24.5 Å². The molecular weight excluding hydrogens is 220 g/mol. The molecule has 0 saturated carbocycles. The summed E-state index contributed by atoms with van der Waals surface area (Å²) in [6.45, 7) is 12.5. The summed E-state index contributed by atoms with van der Waals surface area (Å²) in [5, 5.41) is 3.60. The van der Waals surface area contributed by atoms with Gasteiger partial charge in [-0.15, -0.1) is 0 Å². The Balaban J connectivity index is 2.18. The lowest BCUT2D eigenvalue weighted by atomic mass is 10.0. The molecule has 1 aromatic rings. The zero-order valence-corrected chi connectivity index (χ0v) is 12.2. The zero-order chi connectivity index (χ0) is 13.1. The van der Waals surface area contributed by atoms with Gasteiger partial charge in [-0.25, -0.2) is 0 Å². The number of benzene rings is 1.